The predicted molar refractivity (Wildman–Crippen MR) is 110 cm³/mol. The van der Waals surface area contributed by atoms with Gasteiger partial charge in [0.2, 0.25) is 5.91 Å². The number of aromatic nitrogens is 1. The second-order valence-corrected chi connectivity index (χ2v) is 7.78. The van der Waals surface area contributed by atoms with Crippen LogP contribution in [0.1, 0.15) is 17.7 Å². The third-order valence-electron chi connectivity index (χ3n) is 4.92. The summed E-state index contributed by atoms with van der Waals surface area (Å²) in [5, 5.41) is 7.43. The molecule has 1 fully saturated rings. The Kier molecular flexibility index (Phi) is 5.61. The molecule has 4 nitrogen and oxygen atoms in total. The number of nitrogens with one attached hydrogen (secondary N) is 1. The number of carbonyl (C=O) groups excluding carboxylic acids is 1. The van der Waals surface area contributed by atoms with Crippen molar-refractivity contribution in [2.45, 2.75) is 25.4 Å². The molecule has 4 rings (SSSR count). The molecule has 3 aromatic rings. The molecule has 0 aliphatic carbocycles. The molecule has 1 atom stereocenters. The molecule has 0 radical (unpaired) electrons. The molecule has 1 N–H and O–H groups in total. The van der Waals surface area contributed by atoms with E-state index in [2.05, 4.69) is 56.3 Å². The van der Waals surface area contributed by atoms with Gasteiger partial charge in [-0.2, -0.15) is 11.3 Å². The lowest BCUT2D eigenvalue weighted by molar-refractivity contribution is -0.121. The molecule has 1 saturated heterocycles. The van der Waals surface area contributed by atoms with Gasteiger partial charge in [0.05, 0.1) is 6.42 Å². The zero-order valence-corrected chi connectivity index (χ0v) is 16.0. The number of pyridine rings is 1. The van der Waals surface area contributed by atoms with Crippen molar-refractivity contribution in [2.24, 2.45) is 0 Å². The van der Waals surface area contributed by atoms with Crippen molar-refractivity contribution >= 4 is 17.2 Å². The van der Waals surface area contributed by atoms with Crippen LogP contribution >= 0.6 is 11.3 Å². The Morgan fingerprint density at radius 1 is 1.15 bits per heavy atom. The molecule has 1 aromatic carbocycles. The van der Waals surface area contributed by atoms with E-state index in [0.717, 1.165) is 31.7 Å². The van der Waals surface area contributed by atoms with Crippen LogP contribution in [0.25, 0.3) is 11.1 Å². The minimum absolute atomic E-state index is 0.0562. The summed E-state index contributed by atoms with van der Waals surface area (Å²) in [7, 11) is 0. The van der Waals surface area contributed by atoms with E-state index in [1.807, 2.05) is 18.2 Å². The minimum Gasteiger partial charge on any atom is -0.352 e. The first-order valence-corrected chi connectivity index (χ1v) is 10.2. The molecule has 27 heavy (non-hydrogen) atoms. The van der Waals surface area contributed by atoms with E-state index in [1.54, 1.807) is 17.5 Å². The lowest BCUT2D eigenvalue weighted by Crippen LogP contribution is -2.37. The standard InChI is InChI=1S/C22H23N3OS/c26-22(13-20-3-1-2-10-23-20)24-21-8-11-25(15-21)14-17-4-6-18(7-5-17)19-9-12-27-16-19/h1-7,9-10,12,16,21H,8,11,13-15H2,(H,24,26). The second kappa shape index (κ2) is 8.46. The number of carbonyl (C=O) groups is 1. The van der Waals surface area contributed by atoms with Gasteiger partial charge in [0.25, 0.3) is 0 Å². The van der Waals surface area contributed by atoms with Gasteiger partial charge in [-0.3, -0.25) is 14.7 Å². The number of hydrogen-bond acceptors (Lipinski definition) is 4. The molecule has 2 aromatic heterocycles. The van der Waals surface area contributed by atoms with Crippen molar-refractivity contribution in [3.63, 3.8) is 0 Å². The van der Waals surface area contributed by atoms with Gasteiger partial charge >= 0.3 is 0 Å². The summed E-state index contributed by atoms with van der Waals surface area (Å²) < 4.78 is 0. The highest BCUT2D eigenvalue weighted by atomic mass is 32.1. The highest BCUT2D eigenvalue weighted by molar-refractivity contribution is 7.08. The summed E-state index contributed by atoms with van der Waals surface area (Å²) in [6, 6.07) is 16.9. The molecule has 1 amide bonds. The van der Waals surface area contributed by atoms with Crippen LogP contribution in [0, 0.1) is 0 Å². The Balaban J connectivity index is 1.26. The Bertz CT molecular complexity index is 862. The highest BCUT2D eigenvalue weighted by Gasteiger charge is 2.23. The van der Waals surface area contributed by atoms with Crippen molar-refractivity contribution in [1.29, 1.82) is 0 Å². The fourth-order valence-corrected chi connectivity index (χ4v) is 4.19. The van der Waals surface area contributed by atoms with Crippen LogP contribution in [0.15, 0.2) is 65.5 Å². The Morgan fingerprint density at radius 2 is 2.04 bits per heavy atom. The first-order chi connectivity index (χ1) is 13.3. The second-order valence-electron chi connectivity index (χ2n) is 7.00. The van der Waals surface area contributed by atoms with Crippen LogP contribution < -0.4 is 5.32 Å². The monoisotopic (exact) mass is 377 g/mol. The van der Waals surface area contributed by atoms with Gasteiger partial charge in [0, 0.05) is 37.6 Å². The molecule has 1 aliphatic heterocycles. The van der Waals surface area contributed by atoms with Gasteiger partial charge in [-0.1, -0.05) is 30.3 Å². The maximum Gasteiger partial charge on any atom is 0.226 e. The number of amides is 1. The number of benzene rings is 1. The Hall–Kier alpha value is -2.50. The number of nitrogens with zero attached hydrogens (tertiary/aromatic N) is 2. The van der Waals surface area contributed by atoms with Gasteiger partial charge in [-0.05, 0) is 52.1 Å². The fraction of sp³-hybridized carbons (Fsp3) is 0.273. The number of likely N-dealkylation sites (tertiary alicyclic amines) is 1. The van der Waals surface area contributed by atoms with Crippen molar-refractivity contribution in [2.75, 3.05) is 13.1 Å². The molecule has 1 aliphatic rings. The maximum atomic E-state index is 12.2. The van der Waals surface area contributed by atoms with Gasteiger partial charge < -0.3 is 5.32 Å². The van der Waals surface area contributed by atoms with Gasteiger partial charge in [0.1, 0.15) is 0 Å². The summed E-state index contributed by atoms with van der Waals surface area (Å²) in [4.78, 5) is 18.8. The van der Waals surface area contributed by atoms with Crippen LogP contribution in [-0.4, -0.2) is 34.9 Å². The van der Waals surface area contributed by atoms with Gasteiger partial charge in [-0.25, -0.2) is 0 Å². The third kappa shape index (κ3) is 4.81. The SMILES string of the molecule is O=C(Cc1ccccn1)NC1CCN(Cc2ccc(-c3ccsc3)cc2)C1. The number of hydrogen-bond donors (Lipinski definition) is 1. The summed E-state index contributed by atoms with van der Waals surface area (Å²) in [6.07, 6.45) is 3.08. The molecule has 138 valence electrons. The minimum atomic E-state index is 0.0562. The van der Waals surface area contributed by atoms with Crippen LogP contribution in [0.5, 0.6) is 0 Å². The van der Waals surface area contributed by atoms with E-state index in [1.165, 1.54) is 16.7 Å². The van der Waals surface area contributed by atoms with Crippen LogP contribution in [0.3, 0.4) is 0 Å². The molecule has 0 spiro atoms. The first-order valence-electron chi connectivity index (χ1n) is 9.29. The van der Waals surface area contributed by atoms with Crippen molar-refractivity contribution < 1.29 is 4.79 Å². The summed E-state index contributed by atoms with van der Waals surface area (Å²) >= 11 is 1.72. The van der Waals surface area contributed by atoms with E-state index in [4.69, 9.17) is 0 Å². The van der Waals surface area contributed by atoms with Gasteiger partial charge in [-0.15, -0.1) is 0 Å². The lowest BCUT2D eigenvalue weighted by Gasteiger charge is -2.17. The molecule has 5 heteroatoms. The third-order valence-corrected chi connectivity index (χ3v) is 5.60. The van der Waals surface area contributed by atoms with Crippen LogP contribution in [0.2, 0.25) is 0 Å². The predicted octanol–water partition coefficient (Wildman–Crippen LogP) is 3.74. The summed E-state index contributed by atoms with van der Waals surface area (Å²) in [6.45, 7) is 2.84. The molecular weight excluding hydrogens is 354 g/mol. The van der Waals surface area contributed by atoms with Crippen molar-refractivity contribution in [3.05, 3.63) is 76.7 Å². The normalized spacial score (nSPS) is 17.1. The smallest absolute Gasteiger partial charge is 0.226 e. The van der Waals surface area contributed by atoms with Crippen LogP contribution in [-0.2, 0) is 17.8 Å². The average Bonchev–Trinajstić information content (AvgIpc) is 3.36. The van der Waals surface area contributed by atoms with E-state index >= 15 is 0 Å². The van der Waals surface area contributed by atoms with E-state index in [0.29, 0.717) is 6.42 Å². The fourth-order valence-electron chi connectivity index (χ4n) is 3.53. The zero-order valence-electron chi connectivity index (χ0n) is 15.2. The Morgan fingerprint density at radius 3 is 2.78 bits per heavy atom. The zero-order chi connectivity index (χ0) is 18.5. The van der Waals surface area contributed by atoms with E-state index in [-0.39, 0.29) is 11.9 Å². The molecular formula is C22H23N3OS. The topological polar surface area (TPSA) is 45.2 Å². The van der Waals surface area contributed by atoms with Gasteiger partial charge in [0.15, 0.2) is 0 Å². The number of thiophene rings is 1. The largest absolute Gasteiger partial charge is 0.352 e. The highest BCUT2D eigenvalue weighted by Crippen LogP contribution is 2.23. The summed E-state index contributed by atoms with van der Waals surface area (Å²) in [5.41, 5.74) is 4.68. The van der Waals surface area contributed by atoms with Crippen molar-refractivity contribution in [3.8, 4) is 11.1 Å². The van der Waals surface area contributed by atoms with Crippen LogP contribution in [0.4, 0.5) is 0 Å². The average molecular weight is 378 g/mol. The number of rotatable bonds is 6. The summed E-state index contributed by atoms with van der Waals surface area (Å²) in [5.74, 6) is 0.0562. The van der Waals surface area contributed by atoms with Crippen molar-refractivity contribution in [1.82, 2.24) is 15.2 Å². The molecule has 1 unspecified atom stereocenters. The maximum absolute atomic E-state index is 12.2. The molecule has 0 saturated carbocycles. The van der Waals surface area contributed by atoms with E-state index in [9.17, 15) is 4.79 Å². The quantitative estimate of drug-likeness (QED) is 0.712. The molecule has 0 bridgehead atoms. The molecule has 3 heterocycles. The first kappa shape index (κ1) is 17.9. The lowest BCUT2D eigenvalue weighted by atomic mass is 10.1. The Labute approximate surface area is 163 Å². The van der Waals surface area contributed by atoms with E-state index < -0.39 is 0 Å².